The van der Waals surface area contributed by atoms with Gasteiger partial charge in [-0.25, -0.2) is 4.98 Å². The molecular weight excluding hydrogens is 248 g/mol. The third kappa shape index (κ3) is 3.45. The summed E-state index contributed by atoms with van der Waals surface area (Å²) in [5, 5.41) is 3.95. The molecule has 0 fully saturated rings. The molecule has 1 aromatic heterocycles. The fraction of sp³-hybridized carbons (Fsp3) is 0.214. The normalized spacial score (nSPS) is 10.3. The molecule has 1 aromatic carbocycles. The average Bonchev–Trinajstić information content (AvgIpc) is 2.40. The first-order valence-electron chi connectivity index (χ1n) is 5.87. The summed E-state index contributed by atoms with van der Waals surface area (Å²) in [6.07, 6.45) is 1.72. The Hall–Kier alpha value is -1.58. The zero-order valence-corrected chi connectivity index (χ0v) is 10.9. The molecule has 4 heteroatoms. The fourth-order valence-electron chi connectivity index (χ4n) is 1.52. The third-order valence-electron chi connectivity index (χ3n) is 2.44. The first kappa shape index (κ1) is 12.9. The van der Waals surface area contributed by atoms with Crippen molar-refractivity contribution in [2.75, 3.05) is 6.54 Å². The molecular formula is C14H15ClN2O. The Balaban J connectivity index is 2.15. The molecule has 0 spiro atoms. The first-order chi connectivity index (χ1) is 8.79. The topological polar surface area (TPSA) is 34.2 Å². The summed E-state index contributed by atoms with van der Waals surface area (Å²) < 4.78 is 5.75. The monoisotopic (exact) mass is 262 g/mol. The number of ether oxygens (including phenoxy) is 1. The molecule has 1 heterocycles. The summed E-state index contributed by atoms with van der Waals surface area (Å²) >= 11 is 5.83. The Labute approximate surface area is 112 Å². The Morgan fingerprint density at radius 1 is 1.22 bits per heavy atom. The minimum absolute atomic E-state index is 0.626. The van der Waals surface area contributed by atoms with Crippen LogP contribution in [0, 0.1) is 0 Å². The van der Waals surface area contributed by atoms with Crippen LogP contribution in [0.2, 0.25) is 5.02 Å². The highest BCUT2D eigenvalue weighted by molar-refractivity contribution is 6.30. The second kappa shape index (κ2) is 6.38. The van der Waals surface area contributed by atoms with Crippen molar-refractivity contribution in [1.82, 2.24) is 10.3 Å². The number of nitrogens with one attached hydrogen (secondary N) is 1. The van der Waals surface area contributed by atoms with Crippen molar-refractivity contribution in [1.29, 1.82) is 0 Å². The smallest absolute Gasteiger partial charge is 0.223 e. The van der Waals surface area contributed by atoms with E-state index in [4.69, 9.17) is 16.3 Å². The highest BCUT2D eigenvalue weighted by Crippen LogP contribution is 2.24. The Morgan fingerprint density at radius 2 is 2.00 bits per heavy atom. The molecule has 2 aromatic rings. The minimum atomic E-state index is 0.626. The summed E-state index contributed by atoms with van der Waals surface area (Å²) in [4.78, 5) is 4.25. The van der Waals surface area contributed by atoms with Crippen molar-refractivity contribution in [3.63, 3.8) is 0 Å². The van der Waals surface area contributed by atoms with Gasteiger partial charge in [0.15, 0.2) is 0 Å². The molecule has 0 atom stereocenters. The van der Waals surface area contributed by atoms with Crippen LogP contribution in [0.3, 0.4) is 0 Å². The van der Waals surface area contributed by atoms with Gasteiger partial charge in [-0.05, 0) is 36.9 Å². The standard InChI is InChI=1S/C14H15ClN2O/c1-2-16-10-11-4-3-9-17-14(11)18-13-7-5-12(15)6-8-13/h3-9,16H,2,10H2,1H3. The predicted molar refractivity (Wildman–Crippen MR) is 73.1 cm³/mol. The third-order valence-corrected chi connectivity index (χ3v) is 2.70. The summed E-state index contributed by atoms with van der Waals surface area (Å²) in [6.45, 7) is 3.72. The number of aromatic nitrogens is 1. The van der Waals surface area contributed by atoms with Crippen molar-refractivity contribution in [3.8, 4) is 11.6 Å². The maximum absolute atomic E-state index is 5.83. The van der Waals surface area contributed by atoms with Gasteiger partial charge in [-0.1, -0.05) is 24.6 Å². The Kier molecular flexibility index (Phi) is 4.56. The Bertz CT molecular complexity index is 499. The maximum Gasteiger partial charge on any atom is 0.223 e. The molecule has 0 bridgehead atoms. The summed E-state index contributed by atoms with van der Waals surface area (Å²) in [5.41, 5.74) is 1.04. The van der Waals surface area contributed by atoms with Crippen LogP contribution >= 0.6 is 11.6 Å². The van der Waals surface area contributed by atoms with Gasteiger partial charge in [0.05, 0.1) is 0 Å². The van der Waals surface area contributed by atoms with E-state index in [0.29, 0.717) is 10.9 Å². The van der Waals surface area contributed by atoms with Crippen LogP contribution in [0.15, 0.2) is 42.6 Å². The summed E-state index contributed by atoms with van der Waals surface area (Å²) in [5.74, 6) is 1.36. The number of benzene rings is 1. The summed E-state index contributed by atoms with van der Waals surface area (Å²) in [6, 6.07) is 11.2. The zero-order chi connectivity index (χ0) is 12.8. The van der Waals surface area contributed by atoms with Crippen molar-refractivity contribution >= 4 is 11.6 Å². The lowest BCUT2D eigenvalue weighted by molar-refractivity contribution is 0.453. The molecule has 3 nitrogen and oxygen atoms in total. The molecule has 0 radical (unpaired) electrons. The first-order valence-corrected chi connectivity index (χ1v) is 6.25. The van der Waals surface area contributed by atoms with Gasteiger partial charge >= 0.3 is 0 Å². The van der Waals surface area contributed by atoms with E-state index in [-0.39, 0.29) is 0 Å². The van der Waals surface area contributed by atoms with Gasteiger partial charge in [-0.3, -0.25) is 0 Å². The van der Waals surface area contributed by atoms with Gasteiger partial charge < -0.3 is 10.1 Å². The van der Waals surface area contributed by atoms with Crippen LogP contribution in [0.25, 0.3) is 0 Å². The number of hydrogen-bond acceptors (Lipinski definition) is 3. The van der Waals surface area contributed by atoms with Gasteiger partial charge in [-0.15, -0.1) is 0 Å². The number of rotatable bonds is 5. The lowest BCUT2D eigenvalue weighted by atomic mass is 10.2. The number of nitrogens with zero attached hydrogens (tertiary/aromatic N) is 1. The lowest BCUT2D eigenvalue weighted by Gasteiger charge is -2.10. The van der Waals surface area contributed by atoms with Crippen LogP contribution in [-0.2, 0) is 6.54 Å². The van der Waals surface area contributed by atoms with Crippen LogP contribution in [0.5, 0.6) is 11.6 Å². The molecule has 0 amide bonds. The quantitative estimate of drug-likeness (QED) is 0.893. The van der Waals surface area contributed by atoms with E-state index < -0.39 is 0 Å². The SMILES string of the molecule is CCNCc1cccnc1Oc1ccc(Cl)cc1. The molecule has 0 aliphatic carbocycles. The predicted octanol–water partition coefficient (Wildman–Crippen LogP) is 3.64. The van der Waals surface area contributed by atoms with Crippen molar-refractivity contribution < 1.29 is 4.74 Å². The molecule has 18 heavy (non-hydrogen) atoms. The minimum Gasteiger partial charge on any atom is -0.439 e. The maximum atomic E-state index is 5.83. The van der Waals surface area contributed by atoms with Crippen molar-refractivity contribution in [3.05, 3.63) is 53.2 Å². The Morgan fingerprint density at radius 3 is 2.72 bits per heavy atom. The van der Waals surface area contributed by atoms with Crippen molar-refractivity contribution in [2.45, 2.75) is 13.5 Å². The van der Waals surface area contributed by atoms with Gasteiger partial charge in [0, 0.05) is 23.3 Å². The van der Waals surface area contributed by atoms with Gasteiger partial charge in [0.25, 0.3) is 0 Å². The molecule has 0 saturated heterocycles. The van der Waals surface area contributed by atoms with E-state index in [1.165, 1.54) is 0 Å². The fourth-order valence-corrected chi connectivity index (χ4v) is 1.65. The highest BCUT2D eigenvalue weighted by Gasteiger charge is 2.05. The lowest BCUT2D eigenvalue weighted by Crippen LogP contribution is -2.12. The number of halogens is 1. The van der Waals surface area contributed by atoms with Gasteiger partial charge in [-0.2, -0.15) is 0 Å². The van der Waals surface area contributed by atoms with Crippen LogP contribution in [0.1, 0.15) is 12.5 Å². The summed E-state index contributed by atoms with van der Waals surface area (Å²) in [7, 11) is 0. The van der Waals surface area contributed by atoms with Gasteiger partial charge in [0.2, 0.25) is 5.88 Å². The number of hydrogen-bond donors (Lipinski definition) is 1. The van der Waals surface area contributed by atoms with E-state index in [1.807, 2.05) is 24.3 Å². The molecule has 94 valence electrons. The molecule has 2 rings (SSSR count). The van der Waals surface area contributed by atoms with Crippen LogP contribution in [0.4, 0.5) is 0 Å². The van der Waals surface area contributed by atoms with E-state index in [1.54, 1.807) is 18.3 Å². The largest absolute Gasteiger partial charge is 0.439 e. The van der Waals surface area contributed by atoms with Crippen molar-refractivity contribution in [2.24, 2.45) is 0 Å². The second-order valence-corrected chi connectivity index (χ2v) is 4.24. The molecule has 0 saturated carbocycles. The number of pyridine rings is 1. The van der Waals surface area contributed by atoms with Crippen LogP contribution < -0.4 is 10.1 Å². The molecule has 0 aliphatic heterocycles. The second-order valence-electron chi connectivity index (χ2n) is 3.80. The van der Waals surface area contributed by atoms with Crippen LogP contribution in [-0.4, -0.2) is 11.5 Å². The van der Waals surface area contributed by atoms with E-state index >= 15 is 0 Å². The van der Waals surface area contributed by atoms with E-state index in [9.17, 15) is 0 Å². The van der Waals surface area contributed by atoms with E-state index in [2.05, 4.69) is 17.2 Å². The molecule has 0 aliphatic rings. The molecule has 1 N–H and O–H groups in total. The van der Waals surface area contributed by atoms with E-state index in [0.717, 1.165) is 24.4 Å². The van der Waals surface area contributed by atoms with Gasteiger partial charge in [0.1, 0.15) is 5.75 Å². The highest BCUT2D eigenvalue weighted by atomic mass is 35.5. The average molecular weight is 263 g/mol. The zero-order valence-electron chi connectivity index (χ0n) is 10.2. The molecule has 0 unspecified atom stereocenters.